The lowest BCUT2D eigenvalue weighted by atomic mass is 10.0. The number of ether oxygens (including phenoxy) is 1. The molecule has 23 heavy (non-hydrogen) atoms. The van der Waals surface area contributed by atoms with E-state index in [9.17, 15) is 8.42 Å². The van der Waals surface area contributed by atoms with E-state index in [-0.39, 0.29) is 0 Å². The number of hydrogen-bond acceptors (Lipinski definition) is 4. The zero-order valence-electron chi connectivity index (χ0n) is 13.8. The molecule has 128 valence electrons. The highest BCUT2D eigenvalue weighted by Gasteiger charge is 2.19. The number of nitrogens with one attached hydrogen (secondary N) is 1. The minimum atomic E-state index is -3.42. The van der Waals surface area contributed by atoms with Crippen molar-refractivity contribution in [2.24, 2.45) is 5.92 Å². The zero-order valence-corrected chi connectivity index (χ0v) is 14.6. The Labute approximate surface area is 139 Å². The van der Waals surface area contributed by atoms with Crippen LogP contribution in [0.25, 0.3) is 0 Å². The van der Waals surface area contributed by atoms with E-state index in [0.29, 0.717) is 18.0 Å². The molecule has 0 saturated carbocycles. The number of fused-ring (bicyclic) bond motifs is 1. The van der Waals surface area contributed by atoms with Crippen molar-refractivity contribution in [3.63, 3.8) is 0 Å². The van der Waals surface area contributed by atoms with Crippen LogP contribution in [0.5, 0.6) is 5.75 Å². The van der Waals surface area contributed by atoms with Crippen molar-refractivity contribution in [2.75, 3.05) is 32.8 Å². The predicted octanol–water partition coefficient (Wildman–Crippen LogP) is 2.02. The Morgan fingerprint density at radius 2 is 2.26 bits per heavy atom. The van der Waals surface area contributed by atoms with Crippen molar-refractivity contribution in [3.05, 3.63) is 23.8 Å². The van der Waals surface area contributed by atoms with E-state index >= 15 is 0 Å². The summed E-state index contributed by atoms with van der Waals surface area (Å²) in [5, 5.41) is 0. The molecule has 2 aliphatic rings. The lowest BCUT2D eigenvalue weighted by molar-refractivity contribution is 0.182. The second-order valence-corrected chi connectivity index (χ2v) is 8.43. The molecule has 0 aromatic heterocycles. The number of rotatable bonds is 6. The number of likely N-dealkylation sites (tertiary alicyclic amines) is 1. The Morgan fingerprint density at radius 3 is 3.09 bits per heavy atom. The third-order valence-corrected chi connectivity index (χ3v) is 6.11. The maximum atomic E-state index is 12.4. The van der Waals surface area contributed by atoms with Gasteiger partial charge in [-0.25, -0.2) is 13.1 Å². The predicted molar refractivity (Wildman–Crippen MR) is 90.3 cm³/mol. The number of sulfonamides is 1. The van der Waals surface area contributed by atoms with Gasteiger partial charge in [0, 0.05) is 19.5 Å². The van der Waals surface area contributed by atoms with Crippen LogP contribution in [0.1, 0.15) is 31.7 Å². The Hall–Kier alpha value is -1.11. The van der Waals surface area contributed by atoms with Gasteiger partial charge in [-0.05, 0) is 62.0 Å². The summed E-state index contributed by atoms with van der Waals surface area (Å²) < 4.78 is 32.9. The first-order valence-electron chi connectivity index (χ1n) is 8.52. The molecule has 3 rings (SSSR count). The molecule has 0 spiro atoms. The fourth-order valence-corrected chi connectivity index (χ4v) is 4.54. The van der Waals surface area contributed by atoms with Crippen molar-refractivity contribution in [1.29, 1.82) is 0 Å². The van der Waals surface area contributed by atoms with Crippen molar-refractivity contribution < 1.29 is 13.2 Å². The van der Waals surface area contributed by atoms with Gasteiger partial charge < -0.3 is 9.64 Å². The number of hydrogen-bond donors (Lipinski definition) is 1. The van der Waals surface area contributed by atoms with Crippen molar-refractivity contribution in [1.82, 2.24) is 9.62 Å². The molecule has 2 aliphatic heterocycles. The van der Waals surface area contributed by atoms with Crippen LogP contribution in [0.2, 0.25) is 0 Å². The van der Waals surface area contributed by atoms with Gasteiger partial charge in [-0.1, -0.05) is 6.92 Å². The van der Waals surface area contributed by atoms with E-state index < -0.39 is 10.0 Å². The van der Waals surface area contributed by atoms with E-state index in [1.807, 2.05) is 0 Å². The highest BCUT2D eigenvalue weighted by atomic mass is 32.2. The van der Waals surface area contributed by atoms with E-state index in [2.05, 4.69) is 16.5 Å². The summed E-state index contributed by atoms with van der Waals surface area (Å²) in [6.45, 7) is 6.65. The van der Waals surface area contributed by atoms with Gasteiger partial charge in [0.05, 0.1) is 11.5 Å². The number of benzene rings is 1. The molecule has 6 heteroatoms. The van der Waals surface area contributed by atoms with Crippen LogP contribution in [0.3, 0.4) is 0 Å². The van der Waals surface area contributed by atoms with E-state index in [1.165, 1.54) is 12.8 Å². The molecule has 0 amide bonds. The SMILES string of the molecule is C[C@@H]1CCCN(CCCNS(=O)(=O)c2ccc3c(c2)CCO3)C1. The van der Waals surface area contributed by atoms with Gasteiger partial charge in [0.15, 0.2) is 0 Å². The normalized spacial score (nSPS) is 21.9. The van der Waals surface area contributed by atoms with Crippen molar-refractivity contribution in [2.45, 2.75) is 37.5 Å². The fraction of sp³-hybridized carbons (Fsp3) is 0.647. The van der Waals surface area contributed by atoms with Crippen LogP contribution in [-0.2, 0) is 16.4 Å². The molecular formula is C17H26N2O3S. The Kier molecular flexibility index (Phi) is 5.24. The first-order valence-corrected chi connectivity index (χ1v) is 10.0. The molecule has 0 radical (unpaired) electrons. The fourth-order valence-electron chi connectivity index (χ4n) is 3.41. The van der Waals surface area contributed by atoms with Gasteiger partial charge in [0.1, 0.15) is 5.75 Å². The van der Waals surface area contributed by atoms with Crippen LogP contribution in [-0.4, -0.2) is 46.1 Å². The second-order valence-electron chi connectivity index (χ2n) is 6.67. The highest BCUT2D eigenvalue weighted by molar-refractivity contribution is 7.89. The quantitative estimate of drug-likeness (QED) is 0.806. The zero-order chi connectivity index (χ0) is 16.3. The number of piperidine rings is 1. The largest absolute Gasteiger partial charge is 0.493 e. The van der Waals surface area contributed by atoms with E-state index in [1.54, 1.807) is 18.2 Å². The van der Waals surface area contributed by atoms with Gasteiger partial charge in [-0.3, -0.25) is 0 Å². The maximum absolute atomic E-state index is 12.4. The summed E-state index contributed by atoms with van der Waals surface area (Å²) in [5.74, 6) is 1.57. The summed E-state index contributed by atoms with van der Waals surface area (Å²) >= 11 is 0. The second kappa shape index (κ2) is 7.20. The molecule has 0 unspecified atom stereocenters. The summed E-state index contributed by atoms with van der Waals surface area (Å²) in [6.07, 6.45) is 4.20. The minimum absolute atomic E-state index is 0.341. The summed E-state index contributed by atoms with van der Waals surface area (Å²) in [7, 11) is -3.42. The van der Waals surface area contributed by atoms with Crippen molar-refractivity contribution >= 4 is 10.0 Å². The molecule has 0 bridgehead atoms. The Morgan fingerprint density at radius 1 is 1.39 bits per heavy atom. The van der Waals surface area contributed by atoms with Crippen LogP contribution < -0.4 is 9.46 Å². The molecule has 1 atom stereocenters. The molecular weight excluding hydrogens is 312 g/mol. The van der Waals surface area contributed by atoms with E-state index in [4.69, 9.17) is 4.74 Å². The monoisotopic (exact) mass is 338 g/mol. The van der Waals surface area contributed by atoms with Gasteiger partial charge in [0.2, 0.25) is 10.0 Å². The van der Waals surface area contributed by atoms with Crippen LogP contribution in [0.15, 0.2) is 23.1 Å². The third-order valence-electron chi connectivity index (χ3n) is 4.66. The molecule has 1 N–H and O–H groups in total. The molecule has 0 aliphatic carbocycles. The average molecular weight is 338 g/mol. The lowest BCUT2D eigenvalue weighted by Gasteiger charge is -2.30. The Bertz CT molecular complexity index is 645. The molecule has 5 nitrogen and oxygen atoms in total. The number of nitrogens with zero attached hydrogens (tertiary/aromatic N) is 1. The maximum Gasteiger partial charge on any atom is 0.240 e. The Balaban J connectivity index is 1.49. The van der Waals surface area contributed by atoms with Gasteiger partial charge >= 0.3 is 0 Å². The molecule has 1 saturated heterocycles. The van der Waals surface area contributed by atoms with Crippen molar-refractivity contribution in [3.8, 4) is 5.75 Å². The highest BCUT2D eigenvalue weighted by Crippen LogP contribution is 2.27. The molecule has 1 aromatic rings. The average Bonchev–Trinajstić information content (AvgIpc) is 2.99. The van der Waals surface area contributed by atoms with Crippen LogP contribution in [0.4, 0.5) is 0 Å². The molecule has 2 heterocycles. The van der Waals surface area contributed by atoms with Gasteiger partial charge in [0.25, 0.3) is 0 Å². The van der Waals surface area contributed by atoms with Gasteiger partial charge in [-0.15, -0.1) is 0 Å². The summed E-state index contributed by atoms with van der Waals surface area (Å²) in [4.78, 5) is 2.78. The van der Waals surface area contributed by atoms with Crippen LogP contribution in [0, 0.1) is 5.92 Å². The summed E-state index contributed by atoms with van der Waals surface area (Å²) in [5.41, 5.74) is 0.982. The topological polar surface area (TPSA) is 58.6 Å². The van der Waals surface area contributed by atoms with Gasteiger partial charge in [-0.2, -0.15) is 0 Å². The summed E-state index contributed by atoms with van der Waals surface area (Å²) in [6, 6.07) is 5.11. The first-order chi connectivity index (χ1) is 11.0. The molecule has 1 fully saturated rings. The first kappa shape index (κ1) is 16.7. The lowest BCUT2D eigenvalue weighted by Crippen LogP contribution is -2.36. The third kappa shape index (κ3) is 4.25. The minimum Gasteiger partial charge on any atom is -0.493 e. The van der Waals surface area contributed by atoms with Crippen LogP contribution >= 0.6 is 0 Å². The smallest absolute Gasteiger partial charge is 0.240 e. The van der Waals surface area contributed by atoms with E-state index in [0.717, 1.165) is 49.7 Å². The molecule has 1 aromatic carbocycles. The standard InChI is InChI=1S/C17H26N2O3S/c1-14-4-2-9-19(13-14)10-3-8-18-23(20,21)16-5-6-17-15(12-16)7-11-22-17/h5-6,12,14,18H,2-4,7-11,13H2,1H3/t14-/m1/s1.